The maximum Gasteiger partial charge on any atom is 0.162 e. The number of ether oxygens (including phenoxy) is 1. The van der Waals surface area contributed by atoms with Crippen LogP contribution in [-0.4, -0.2) is 60.6 Å². The van der Waals surface area contributed by atoms with Crippen molar-refractivity contribution in [2.24, 2.45) is 5.92 Å². The van der Waals surface area contributed by atoms with Crippen LogP contribution in [0.5, 0.6) is 5.75 Å². The summed E-state index contributed by atoms with van der Waals surface area (Å²) < 4.78 is 7.31. The number of hydrogen-bond acceptors (Lipinski definition) is 5. The van der Waals surface area contributed by atoms with Crippen LogP contribution in [-0.2, 0) is 12.1 Å². The number of nitrogens with zero attached hydrogens (tertiary/aromatic N) is 3. The lowest BCUT2D eigenvalue weighted by atomic mass is 9.80. The molecule has 2 N–H and O–H groups in total. The van der Waals surface area contributed by atoms with E-state index >= 15 is 0 Å². The summed E-state index contributed by atoms with van der Waals surface area (Å²) in [4.78, 5) is 2.10. The highest BCUT2D eigenvalue weighted by Gasteiger charge is 2.42. The van der Waals surface area contributed by atoms with E-state index in [1.54, 1.807) is 13.3 Å². The Balaban J connectivity index is 2.34. The van der Waals surface area contributed by atoms with Crippen molar-refractivity contribution in [3.63, 3.8) is 0 Å². The molecule has 114 valence electrons. The normalized spacial score (nSPS) is 27.0. The molecule has 1 aliphatic rings. The van der Waals surface area contributed by atoms with Crippen molar-refractivity contribution in [2.75, 3.05) is 40.8 Å². The monoisotopic (exact) mass is 282 g/mol. The van der Waals surface area contributed by atoms with E-state index in [4.69, 9.17) is 4.74 Å². The second kappa shape index (κ2) is 6.11. The van der Waals surface area contributed by atoms with Crippen LogP contribution >= 0.6 is 0 Å². The second-order valence-electron chi connectivity index (χ2n) is 5.87. The first kappa shape index (κ1) is 15.3. The molecule has 20 heavy (non-hydrogen) atoms. The third kappa shape index (κ3) is 2.82. The lowest BCUT2D eigenvalue weighted by Gasteiger charge is -2.39. The first-order valence-corrected chi connectivity index (χ1v) is 7.17. The van der Waals surface area contributed by atoms with Crippen molar-refractivity contribution in [1.29, 1.82) is 0 Å². The molecule has 0 spiro atoms. The number of piperidine rings is 1. The van der Waals surface area contributed by atoms with Gasteiger partial charge in [-0.2, -0.15) is 5.10 Å². The van der Waals surface area contributed by atoms with Gasteiger partial charge in [-0.1, -0.05) is 6.92 Å². The Bertz CT molecular complexity index is 446. The smallest absolute Gasteiger partial charge is 0.162 e. The zero-order chi connectivity index (χ0) is 14.8. The van der Waals surface area contributed by atoms with Gasteiger partial charge in [0.2, 0.25) is 0 Å². The fourth-order valence-electron chi connectivity index (χ4n) is 2.78. The number of aromatic nitrogens is 2. The third-order valence-corrected chi connectivity index (χ3v) is 4.14. The summed E-state index contributed by atoms with van der Waals surface area (Å²) in [6.07, 6.45) is 2.38. The molecule has 0 radical (unpaired) electrons. The molecule has 0 amide bonds. The van der Waals surface area contributed by atoms with Gasteiger partial charge in [0, 0.05) is 19.0 Å². The van der Waals surface area contributed by atoms with Crippen LogP contribution in [0.1, 0.15) is 19.0 Å². The zero-order valence-corrected chi connectivity index (χ0v) is 12.9. The SMILES string of the molecule is COc1cnn(CCN(C)C)c1C1(O)CCNCC1C. The number of aliphatic hydroxyl groups is 1. The molecule has 1 aromatic rings. The minimum absolute atomic E-state index is 0.125. The van der Waals surface area contributed by atoms with Gasteiger partial charge in [0.1, 0.15) is 11.3 Å². The first-order chi connectivity index (χ1) is 9.49. The molecule has 0 aromatic carbocycles. The molecule has 6 nitrogen and oxygen atoms in total. The molecule has 0 aliphatic carbocycles. The number of nitrogens with one attached hydrogen (secondary N) is 1. The molecular formula is C14H26N4O2. The zero-order valence-electron chi connectivity index (χ0n) is 12.9. The number of likely N-dealkylation sites (N-methyl/N-ethyl adjacent to an activating group) is 1. The standard InChI is InChI=1S/C14H26N4O2/c1-11-9-15-6-5-14(11,19)13-12(20-4)10-16-18(13)8-7-17(2)3/h10-11,15,19H,5-9H2,1-4H3. The van der Waals surface area contributed by atoms with Gasteiger partial charge >= 0.3 is 0 Å². The topological polar surface area (TPSA) is 62.5 Å². The van der Waals surface area contributed by atoms with E-state index in [9.17, 15) is 5.11 Å². The quantitative estimate of drug-likeness (QED) is 0.812. The Morgan fingerprint density at radius 1 is 1.60 bits per heavy atom. The average Bonchev–Trinajstić information content (AvgIpc) is 2.83. The van der Waals surface area contributed by atoms with Crippen molar-refractivity contribution in [1.82, 2.24) is 20.0 Å². The van der Waals surface area contributed by atoms with E-state index in [-0.39, 0.29) is 5.92 Å². The van der Waals surface area contributed by atoms with Gasteiger partial charge in [-0.05, 0) is 27.1 Å². The van der Waals surface area contributed by atoms with Gasteiger partial charge in [0.05, 0.1) is 19.9 Å². The van der Waals surface area contributed by atoms with Crippen molar-refractivity contribution in [2.45, 2.75) is 25.5 Å². The van der Waals surface area contributed by atoms with Crippen molar-refractivity contribution < 1.29 is 9.84 Å². The summed E-state index contributed by atoms with van der Waals surface area (Å²) >= 11 is 0. The van der Waals surface area contributed by atoms with E-state index in [0.717, 1.165) is 31.9 Å². The van der Waals surface area contributed by atoms with Crippen molar-refractivity contribution in [3.8, 4) is 5.75 Å². The van der Waals surface area contributed by atoms with Crippen LogP contribution in [0.15, 0.2) is 6.20 Å². The molecule has 0 bridgehead atoms. The fraction of sp³-hybridized carbons (Fsp3) is 0.786. The molecule has 6 heteroatoms. The first-order valence-electron chi connectivity index (χ1n) is 7.17. The van der Waals surface area contributed by atoms with Gasteiger partial charge in [-0.15, -0.1) is 0 Å². The highest BCUT2D eigenvalue weighted by molar-refractivity contribution is 5.32. The van der Waals surface area contributed by atoms with E-state index in [0.29, 0.717) is 12.2 Å². The van der Waals surface area contributed by atoms with Crippen LogP contribution in [0, 0.1) is 5.92 Å². The highest BCUT2D eigenvalue weighted by Crippen LogP contribution is 2.39. The Kier molecular flexibility index (Phi) is 4.67. The number of methoxy groups -OCH3 is 1. The largest absolute Gasteiger partial charge is 0.493 e. The van der Waals surface area contributed by atoms with Gasteiger partial charge in [0.25, 0.3) is 0 Å². The molecule has 2 heterocycles. The lowest BCUT2D eigenvalue weighted by Crippen LogP contribution is -2.48. The van der Waals surface area contributed by atoms with Crippen LogP contribution in [0.25, 0.3) is 0 Å². The van der Waals surface area contributed by atoms with Crippen molar-refractivity contribution >= 4 is 0 Å². The maximum absolute atomic E-state index is 11.2. The van der Waals surface area contributed by atoms with Gasteiger partial charge in [-0.25, -0.2) is 0 Å². The summed E-state index contributed by atoms with van der Waals surface area (Å²) in [5, 5.41) is 18.9. The molecule has 1 aliphatic heterocycles. The van der Waals surface area contributed by atoms with Crippen LogP contribution in [0.2, 0.25) is 0 Å². The minimum atomic E-state index is -0.876. The van der Waals surface area contributed by atoms with E-state index < -0.39 is 5.60 Å². The molecule has 0 saturated carbocycles. The Labute approximate surface area is 120 Å². The second-order valence-corrected chi connectivity index (χ2v) is 5.87. The summed E-state index contributed by atoms with van der Waals surface area (Å²) in [5.74, 6) is 0.806. The van der Waals surface area contributed by atoms with Gasteiger partial charge in [-0.3, -0.25) is 4.68 Å². The van der Waals surface area contributed by atoms with Crippen molar-refractivity contribution in [3.05, 3.63) is 11.9 Å². The fourth-order valence-corrected chi connectivity index (χ4v) is 2.78. The number of hydrogen-bond donors (Lipinski definition) is 2. The summed E-state index contributed by atoms with van der Waals surface area (Å²) in [6.45, 7) is 5.30. The summed E-state index contributed by atoms with van der Waals surface area (Å²) in [5.41, 5.74) is -0.0600. The van der Waals surface area contributed by atoms with E-state index in [1.807, 2.05) is 18.8 Å². The average molecular weight is 282 g/mol. The van der Waals surface area contributed by atoms with Gasteiger partial charge < -0.3 is 20.1 Å². The summed E-state index contributed by atoms with van der Waals surface area (Å²) in [7, 11) is 5.69. The predicted molar refractivity (Wildman–Crippen MR) is 77.9 cm³/mol. The molecule has 2 atom stereocenters. The maximum atomic E-state index is 11.2. The van der Waals surface area contributed by atoms with Crippen LogP contribution in [0.3, 0.4) is 0 Å². The van der Waals surface area contributed by atoms with E-state index in [2.05, 4.69) is 22.2 Å². The highest BCUT2D eigenvalue weighted by atomic mass is 16.5. The van der Waals surface area contributed by atoms with E-state index in [1.165, 1.54) is 0 Å². The molecule has 2 unspecified atom stereocenters. The van der Waals surface area contributed by atoms with Crippen LogP contribution < -0.4 is 10.1 Å². The molecule has 1 saturated heterocycles. The Morgan fingerprint density at radius 3 is 2.95 bits per heavy atom. The Morgan fingerprint density at radius 2 is 2.35 bits per heavy atom. The Hall–Kier alpha value is -1.11. The molecule has 2 rings (SSSR count). The number of rotatable bonds is 5. The van der Waals surface area contributed by atoms with Crippen LogP contribution in [0.4, 0.5) is 0 Å². The third-order valence-electron chi connectivity index (χ3n) is 4.14. The minimum Gasteiger partial charge on any atom is -0.493 e. The lowest BCUT2D eigenvalue weighted by molar-refractivity contribution is -0.0483. The molecule has 1 fully saturated rings. The molecule has 1 aromatic heterocycles. The predicted octanol–water partition coefficient (Wildman–Crippen LogP) is 0.270. The molecular weight excluding hydrogens is 256 g/mol. The van der Waals surface area contributed by atoms with Gasteiger partial charge in [0.15, 0.2) is 5.75 Å². The summed E-state index contributed by atoms with van der Waals surface area (Å²) in [6, 6.07) is 0.